The fraction of sp³-hybridized carbons (Fsp3) is 0.257. The molecule has 0 heterocycles. The lowest BCUT2D eigenvalue weighted by Gasteiger charge is -2.34. The molecule has 0 aliphatic rings. The van der Waals surface area contributed by atoms with E-state index in [0.717, 1.165) is 17.7 Å². The zero-order valence-electron chi connectivity index (χ0n) is 26.1. The van der Waals surface area contributed by atoms with Crippen LogP contribution >= 0.6 is 23.2 Å². The first-order valence-electron chi connectivity index (χ1n) is 15.0. The van der Waals surface area contributed by atoms with Crippen molar-refractivity contribution >= 4 is 50.7 Å². The molecule has 0 aliphatic heterocycles. The third-order valence-electron chi connectivity index (χ3n) is 7.35. The number of nitrogens with zero attached hydrogens (tertiary/aromatic N) is 2. The summed E-state index contributed by atoms with van der Waals surface area (Å²) in [5.74, 6) is -1.23. The lowest BCUT2D eigenvalue weighted by atomic mass is 10.0. The van der Waals surface area contributed by atoms with E-state index in [9.17, 15) is 31.2 Å². The largest absolute Gasteiger partial charge is 0.417 e. The lowest BCUT2D eigenvalue weighted by Crippen LogP contribution is -2.53. The Bertz CT molecular complexity index is 1830. The number of alkyl halides is 3. The van der Waals surface area contributed by atoms with Gasteiger partial charge in [-0.15, -0.1) is 0 Å². The molecule has 0 bridgehead atoms. The molecule has 7 nitrogen and oxygen atoms in total. The molecule has 48 heavy (non-hydrogen) atoms. The Labute approximate surface area is 288 Å². The average Bonchev–Trinajstić information content (AvgIpc) is 3.04. The topological polar surface area (TPSA) is 86.8 Å². The first kappa shape index (κ1) is 36.8. The van der Waals surface area contributed by atoms with Gasteiger partial charge in [0.25, 0.3) is 10.0 Å². The van der Waals surface area contributed by atoms with Gasteiger partial charge in [-0.3, -0.25) is 13.9 Å². The van der Waals surface area contributed by atoms with Gasteiger partial charge < -0.3 is 10.2 Å². The summed E-state index contributed by atoms with van der Waals surface area (Å²) >= 11 is 12.1. The van der Waals surface area contributed by atoms with Crippen molar-refractivity contribution in [3.63, 3.8) is 0 Å². The maximum absolute atomic E-state index is 14.5. The van der Waals surface area contributed by atoms with Crippen molar-refractivity contribution in [2.24, 2.45) is 5.92 Å². The third-order valence-corrected chi connectivity index (χ3v) is 9.70. The quantitative estimate of drug-likeness (QED) is 0.154. The Kier molecular flexibility index (Phi) is 12.2. The highest BCUT2D eigenvalue weighted by molar-refractivity contribution is 7.92. The molecule has 4 aromatic rings. The van der Waals surface area contributed by atoms with Crippen molar-refractivity contribution in [1.82, 2.24) is 10.2 Å². The maximum Gasteiger partial charge on any atom is 0.417 e. The molecule has 0 saturated heterocycles. The molecule has 13 heteroatoms. The second-order valence-corrected chi connectivity index (χ2v) is 14.2. The molecular weight excluding hydrogens is 686 g/mol. The molecule has 0 fully saturated rings. The standard InChI is InChI=1S/C35H34Cl2F3N3O4S/c1-24(2)21-41-34(45)32(19-25-10-5-3-6-11-25)42(22-26-12-9-13-27(36)18-26)33(44)23-43(48(46,47)29-14-7-4-8-15-29)28-16-17-31(37)30(20-28)35(38,39)40/h3-18,20,24,32H,19,21-23H2,1-2H3,(H,41,45). The minimum absolute atomic E-state index is 0.0711. The number of anilines is 1. The van der Waals surface area contributed by atoms with Crippen LogP contribution in [0.25, 0.3) is 0 Å². The fourth-order valence-corrected chi connectivity index (χ4v) is 6.81. The van der Waals surface area contributed by atoms with Crippen LogP contribution in [-0.2, 0) is 38.8 Å². The van der Waals surface area contributed by atoms with Crippen molar-refractivity contribution in [1.29, 1.82) is 0 Å². The molecule has 0 saturated carbocycles. The first-order valence-corrected chi connectivity index (χ1v) is 17.2. The highest BCUT2D eigenvalue weighted by atomic mass is 35.5. The summed E-state index contributed by atoms with van der Waals surface area (Å²) in [7, 11) is -4.61. The number of carbonyl (C=O) groups excluding carboxylic acids is 2. The van der Waals surface area contributed by atoms with E-state index in [4.69, 9.17) is 23.2 Å². The van der Waals surface area contributed by atoms with Crippen LogP contribution in [0.3, 0.4) is 0 Å². The number of hydrogen-bond acceptors (Lipinski definition) is 4. The molecule has 1 unspecified atom stereocenters. The maximum atomic E-state index is 14.5. The van der Waals surface area contributed by atoms with Crippen molar-refractivity contribution < 1.29 is 31.2 Å². The number of hydrogen-bond donors (Lipinski definition) is 1. The van der Waals surface area contributed by atoms with E-state index in [1.54, 1.807) is 60.7 Å². The summed E-state index contributed by atoms with van der Waals surface area (Å²) in [6.07, 6.45) is -4.84. The van der Waals surface area contributed by atoms with Gasteiger partial charge >= 0.3 is 6.18 Å². The number of amides is 2. The van der Waals surface area contributed by atoms with Crippen molar-refractivity contribution in [2.45, 2.75) is 43.9 Å². The molecular formula is C35H34Cl2F3N3O4S. The van der Waals surface area contributed by atoms with Crippen molar-refractivity contribution in [3.8, 4) is 0 Å². The number of halogens is 5. The predicted molar refractivity (Wildman–Crippen MR) is 181 cm³/mol. The van der Waals surface area contributed by atoms with E-state index in [2.05, 4.69) is 5.32 Å². The SMILES string of the molecule is CC(C)CNC(=O)C(Cc1ccccc1)N(Cc1cccc(Cl)c1)C(=O)CN(c1ccc(Cl)c(C(F)(F)F)c1)S(=O)(=O)c1ccccc1. The molecule has 0 spiro atoms. The molecule has 1 N–H and O–H groups in total. The van der Waals surface area contributed by atoms with Gasteiger partial charge in [-0.05, 0) is 59.5 Å². The van der Waals surface area contributed by atoms with Crippen LogP contribution in [0.2, 0.25) is 10.0 Å². The second kappa shape index (κ2) is 15.9. The van der Waals surface area contributed by atoms with Crippen LogP contribution in [0.5, 0.6) is 0 Å². The first-order chi connectivity index (χ1) is 22.7. The van der Waals surface area contributed by atoms with Gasteiger partial charge in [0.2, 0.25) is 11.8 Å². The zero-order chi connectivity index (χ0) is 35.1. The van der Waals surface area contributed by atoms with Gasteiger partial charge in [0.05, 0.1) is 21.2 Å². The molecule has 0 aliphatic carbocycles. The minimum Gasteiger partial charge on any atom is -0.354 e. The Hall–Kier alpha value is -4.06. The van der Waals surface area contributed by atoms with Crippen LogP contribution in [0.15, 0.2) is 108 Å². The number of sulfonamides is 1. The molecule has 4 rings (SSSR count). The summed E-state index contributed by atoms with van der Waals surface area (Å²) < 4.78 is 70.5. The van der Waals surface area contributed by atoms with Gasteiger partial charge in [-0.25, -0.2) is 8.42 Å². The number of carbonyl (C=O) groups is 2. The van der Waals surface area contributed by atoms with Crippen LogP contribution in [0, 0.1) is 5.92 Å². The number of rotatable bonds is 13. The van der Waals surface area contributed by atoms with Crippen LogP contribution in [0.1, 0.15) is 30.5 Å². The summed E-state index contributed by atoms with van der Waals surface area (Å²) in [5, 5.41) is 2.61. The fourth-order valence-electron chi connectivity index (χ4n) is 4.94. The molecule has 0 radical (unpaired) electrons. The van der Waals surface area contributed by atoms with E-state index < -0.39 is 56.9 Å². The molecule has 1 atom stereocenters. The summed E-state index contributed by atoms with van der Waals surface area (Å²) in [5.41, 5.74) is -0.426. The van der Waals surface area contributed by atoms with E-state index >= 15 is 0 Å². The molecule has 0 aromatic heterocycles. The van der Waals surface area contributed by atoms with E-state index in [-0.39, 0.29) is 23.8 Å². The normalized spacial score (nSPS) is 12.4. The average molecular weight is 721 g/mol. The predicted octanol–water partition coefficient (Wildman–Crippen LogP) is 7.62. The van der Waals surface area contributed by atoms with Crippen molar-refractivity contribution in [3.05, 3.63) is 130 Å². The number of nitrogens with one attached hydrogen (secondary N) is 1. The minimum atomic E-state index is -4.91. The number of benzene rings is 4. The lowest BCUT2D eigenvalue weighted by molar-refractivity contribution is -0.140. The highest BCUT2D eigenvalue weighted by Crippen LogP contribution is 2.38. The Morgan fingerprint density at radius 1 is 0.833 bits per heavy atom. The third kappa shape index (κ3) is 9.52. The molecule has 4 aromatic carbocycles. The van der Waals surface area contributed by atoms with Crippen LogP contribution in [0.4, 0.5) is 18.9 Å². The summed E-state index contributed by atoms with van der Waals surface area (Å²) in [4.78, 5) is 29.3. The Morgan fingerprint density at radius 3 is 2.06 bits per heavy atom. The highest BCUT2D eigenvalue weighted by Gasteiger charge is 2.37. The van der Waals surface area contributed by atoms with Gasteiger partial charge in [0, 0.05) is 24.5 Å². The Balaban J connectivity index is 1.85. The summed E-state index contributed by atoms with van der Waals surface area (Å²) in [6.45, 7) is 3.05. The van der Waals surface area contributed by atoms with Gasteiger partial charge in [0.1, 0.15) is 12.6 Å². The zero-order valence-corrected chi connectivity index (χ0v) is 28.5. The summed E-state index contributed by atoms with van der Waals surface area (Å²) in [6, 6.07) is 24.1. The molecule has 254 valence electrons. The van der Waals surface area contributed by atoms with Crippen LogP contribution < -0.4 is 9.62 Å². The molecule has 2 amide bonds. The van der Waals surface area contributed by atoms with E-state index in [0.29, 0.717) is 27.5 Å². The monoisotopic (exact) mass is 719 g/mol. The van der Waals surface area contributed by atoms with E-state index in [1.165, 1.54) is 29.2 Å². The van der Waals surface area contributed by atoms with Gasteiger partial charge in [-0.1, -0.05) is 97.7 Å². The van der Waals surface area contributed by atoms with Crippen LogP contribution in [-0.4, -0.2) is 44.3 Å². The Morgan fingerprint density at radius 2 is 1.46 bits per heavy atom. The van der Waals surface area contributed by atoms with Gasteiger partial charge in [-0.2, -0.15) is 13.2 Å². The van der Waals surface area contributed by atoms with Gasteiger partial charge in [0.15, 0.2) is 0 Å². The second-order valence-electron chi connectivity index (χ2n) is 11.5. The van der Waals surface area contributed by atoms with Crippen molar-refractivity contribution in [2.75, 3.05) is 17.4 Å². The smallest absolute Gasteiger partial charge is 0.354 e. The van der Waals surface area contributed by atoms with E-state index in [1.807, 2.05) is 13.8 Å².